The Morgan fingerprint density at radius 3 is 2.57 bits per heavy atom. The summed E-state index contributed by atoms with van der Waals surface area (Å²) < 4.78 is 44.0. The van der Waals surface area contributed by atoms with Crippen LogP contribution in [0.4, 0.5) is 21.5 Å². The fourth-order valence-electron chi connectivity index (χ4n) is 2.86. The Morgan fingerprint density at radius 2 is 1.90 bits per heavy atom. The molecule has 8 nitrogen and oxygen atoms in total. The first-order valence-electron chi connectivity index (χ1n) is 9.00. The zero-order chi connectivity index (χ0) is 22.2. The molecule has 2 N–H and O–H groups in total. The highest BCUT2D eigenvalue weighted by atomic mass is 35.5. The summed E-state index contributed by atoms with van der Waals surface area (Å²) in [6.07, 6.45) is 1.43. The molecule has 0 saturated carbocycles. The van der Waals surface area contributed by atoms with E-state index in [4.69, 9.17) is 11.6 Å². The molecule has 11 heteroatoms. The van der Waals surface area contributed by atoms with Gasteiger partial charge in [-0.25, -0.2) is 9.37 Å². The van der Waals surface area contributed by atoms with Crippen LogP contribution in [0.3, 0.4) is 0 Å². The first kappa shape index (κ1) is 22.0. The average molecular weight is 454 g/mol. The molecule has 3 aromatic rings. The summed E-state index contributed by atoms with van der Waals surface area (Å²) in [5.41, 5.74) is 1.19. The van der Waals surface area contributed by atoms with Crippen molar-refractivity contribution in [2.45, 2.75) is 13.8 Å². The van der Waals surface area contributed by atoms with Crippen molar-refractivity contribution in [1.82, 2.24) is 13.9 Å². The molecule has 0 unspecified atom stereocenters. The van der Waals surface area contributed by atoms with E-state index in [1.807, 2.05) is 0 Å². The van der Waals surface area contributed by atoms with E-state index in [-0.39, 0.29) is 28.5 Å². The number of halogens is 2. The lowest BCUT2D eigenvalue weighted by Gasteiger charge is -2.19. The van der Waals surface area contributed by atoms with Gasteiger partial charge in [-0.05, 0) is 36.8 Å². The Labute approximate surface area is 178 Å². The Kier molecular flexibility index (Phi) is 6.02. The molecule has 0 amide bonds. The van der Waals surface area contributed by atoms with Gasteiger partial charge in [0.1, 0.15) is 5.82 Å². The van der Waals surface area contributed by atoms with E-state index in [2.05, 4.69) is 15.0 Å². The molecule has 0 aliphatic rings. The van der Waals surface area contributed by atoms with Crippen LogP contribution in [0.25, 0.3) is 10.9 Å². The van der Waals surface area contributed by atoms with Crippen LogP contribution in [-0.4, -0.2) is 35.9 Å². The van der Waals surface area contributed by atoms with Crippen molar-refractivity contribution in [3.05, 3.63) is 57.3 Å². The predicted octanol–water partition coefficient (Wildman–Crippen LogP) is 3.39. The van der Waals surface area contributed by atoms with Crippen molar-refractivity contribution in [3.63, 3.8) is 0 Å². The van der Waals surface area contributed by atoms with Gasteiger partial charge in [-0.2, -0.15) is 12.7 Å². The zero-order valence-electron chi connectivity index (χ0n) is 16.8. The fraction of sp³-hybridized carbons (Fsp3) is 0.263. The number of fused-ring (bicyclic) bond motifs is 1. The predicted molar refractivity (Wildman–Crippen MR) is 117 cm³/mol. The normalized spacial score (nSPS) is 11.8. The minimum Gasteiger partial charge on any atom is -0.352 e. The molecule has 1 aromatic heterocycles. The number of nitrogens with one attached hydrogen (secondary N) is 2. The van der Waals surface area contributed by atoms with Crippen LogP contribution in [0.1, 0.15) is 12.5 Å². The van der Waals surface area contributed by atoms with E-state index >= 15 is 0 Å². The highest BCUT2D eigenvalue weighted by Gasteiger charge is 2.21. The van der Waals surface area contributed by atoms with E-state index in [1.165, 1.54) is 24.0 Å². The summed E-state index contributed by atoms with van der Waals surface area (Å²) in [6.45, 7) is 3.64. The molecule has 0 bridgehead atoms. The maximum atomic E-state index is 14.5. The van der Waals surface area contributed by atoms with Gasteiger partial charge in [-0.3, -0.25) is 9.52 Å². The number of benzene rings is 2. The number of rotatable bonds is 6. The van der Waals surface area contributed by atoms with Crippen molar-refractivity contribution in [3.8, 4) is 0 Å². The monoisotopic (exact) mass is 453 g/mol. The second-order valence-electron chi connectivity index (χ2n) is 6.72. The van der Waals surface area contributed by atoms with E-state index in [1.54, 1.807) is 33.0 Å². The lowest BCUT2D eigenvalue weighted by molar-refractivity contribution is 0.491. The van der Waals surface area contributed by atoms with Crippen LogP contribution < -0.4 is 15.6 Å². The quantitative estimate of drug-likeness (QED) is 0.596. The van der Waals surface area contributed by atoms with Crippen LogP contribution in [0.5, 0.6) is 0 Å². The Balaban J connectivity index is 2.07. The van der Waals surface area contributed by atoms with Gasteiger partial charge in [0.05, 0.1) is 33.6 Å². The highest BCUT2D eigenvalue weighted by molar-refractivity contribution is 7.90. The highest BCUT2D eigenvalue weighted by Crippen LogP contribution is 2.36. The fourth-order valence-corrected chi connectivity index (χ4v) is 4.10. The van der Waals surface area contributed by atoms with E-state index in [0.29, 0.717) is 22.2 Å². The molecule has 2 aromatic carbocycles. The molecule has 0 aliphatic heterocycles. The van der Waals surface area contributed by atoms with Gasteiger partial charge in [0.15, 0.2) is 0 Å². The van der Waals surface area contributed by atoms with E-state index in [0.717, 1.165) is 10.4 Å². The standard InChI is InChI=1S/C19H21ClFN5O3S/c1-5-26(4)30(28,29)24-15-7-6-12(21)18(17(15)20)23-13-8-9-14-16(11(13)2)19(27)25(3)10-22-14/h6-10,23-24H,5H2,1-4H3. The third-order valence-corrected chi connectivity index (χ3v) is 6.74. The first-order valence-corrected chi connectivity index (χ1v) is 10.8. The van der Waals surface area contributed by atoms with Crippen molar-refractivity contribution in [2.24, 2.45) is 7.05 Å². The van der Waals surface area contributed by atoms with Crippen LogP contribution in [0.15, 0.2) is 35.4 Å². The molecule has 0 radical (unpaired) electrons. The van der Waals surface area contributed by atoms with Crippen molar-refractivity contribution in [2.75, 3.05) is 23.6 Å². The third-order valence-electron chi connectivity index (χ3n) is 4.79. The summed E-state index contributed by atoms with van der Waals surface area (Å²) >= 11 is 6.32. The number of hydrogen-bond donors (Lipinski definition) is 2. The maximum absolute atomic E-state index is 14.5. The molecule has 0 saturated heterocycles. The minimum atomic E-state index is -3.84. The first-order chi connectivity index (χ1) is 14.1. The third kappa shape index (κ3) is 3.98. The van der Waals surface area contributed by atoms with Crippen LogP contribution in [0, 0.1) is 12.7 Å². The molecule has 1 heterocycles. The Bertz CT molecular complexity index is 1290. The zero-order valence-corrected chi connectivity index (χ0v) is 18.4. The van der Waals surface area contributed by atoms with Gasteiger partial charge in [-0.15, -0.1) is 0 Å². The van der Waals surface area contributed by atoms with Gasteiger partial charge < -0.3 is 9.88 Å². The van der Waals surface area contributed by atoms with Crippen molar-refractivity contribution < 1.29 is 12.8 Å². The molecule has 3 rings (SSSR count). The van der Waals surface area contributed by atoms with Gasteiger partial charge in [-0.1, -0.05) is 18.5 Å². The summed E-state index contributed by atoms with van der Waals surface area (Å²) in [6, 6.07) is 5.65. The van der Waals surface area contributed by atoms with Gasteiger partial charge in [0.25, 0.3) is 5.56 Å². The summed E-state index contributed by atoms with van der Waals surface area (Å²) in [7, 11) is -0.840. The van der Waals surface area contributed by atoms with Crippen molar-refractivity contribution >= 4 is 49.8 Å². The molecule has 0 aliphatic carbocycles. The maximum Gasteiger partial charge on any atom is 0.301 e. The minimum absolute atomic E-state index is 0.0249. The van der Waals surface area contributed by atoms with Crippen molar-refractivity contribution in [1.29, 1.82) is 0 Å². The van der Waals surface area contributed by atoms with E-state index < -0.39 is 16.0 Å². The second-order valence-corrected chi connectivity index (χ2v) is 8.88. The SMILES string of the molecule is CCN(C)S(=O)(=O)Nc1ccc(F)c(Nc2ccc3ncn(C)c(=O)c3c2C)c1Cl. The molecule has 0 atom stereocenters. The lowest BCUT2D eigenvalue weighted by Crippen LogP contribution is -2.32. The number of anilines is 3. The average Bonchev–Trinajstić information content (AvgIpc) is 2.70. The lowest BCUT2D eigenvalue weighted by atomic mass is 10.1. The number of aromatic nitrogens is 2. The van der Waals surface area contributed by atoms with Gasteiger partial charge in [0.2, 0.25) is 0 Å². The van der Waals surface area contributed by atoms with E-state index in [9.17, 15) is 17.6 Å². The molecule has 0 fully saturated rings. The summed E-state index contributed by atoms with van der Waals surface area (Å²) in [4.78, 5) is 16.7. The molecular formula is C19H21ClFN5O3S. The Morgan fingerprint density at radius 1 is 1.23 bits per heavy atom. The summed E-state index contributed by atoms with van der Waals surface area (Å²) in [5.74, 6) is -0.676. The smallest absolute Gasteiger partial charge is 0.301 e. The molecule has 160 valence electrons. The molecule has 0 spiro atoms. The van der Waals surface area contributed by atoms with Gasteiger partial charge >= 0.3 is 10.2 Å². The Hall–Kier alpha value is -2.69. The molecular weight excluding hydrogens is 433 g/mol. The largest absolute Gasteiger partial charge is 0.352 e. The van der Waals surface area contributed by atoms with Crippen LogP contribution in [0.2, 0.25) is 5.02 Å². The topological polar surface area (TPSA) is 96.3 Å². The number of aryl methyl sites for hydroxylation is 2. The number of hydrogen-bond acceptors (Lipinski definition) is 5. The second kappa shape index (κ2) is 8.21. The molecule has 30 heavy (non-hydrogen) atoms. The summed E-state index contributed by atoms with van der Waals surface area (Å²) in [5, 5.41) is 3.14. The van der Waals surface area contributed by atoms with Crippen LogP contribution in [-0.2, 0) is 17.3 Å². The van der Waals surface area contributed by atoms with Gasteiger partial charge in [0, 0.05) is 26.3 Å². The van der Waals surface area contributed by atoms with Crippen LogP contribution >= 0.6 is 11.6 Å². The number of nitrogens with zero attached hydrogens (tertiary/aromatic N) is 3.